The summed E-state index contributed by atoms with van der Waals surface area (Å²) in [5.74, 6) is 1.62. The minimum Gasteiger partial charge on any atom is -0.505 e. The molecule has 0 bridgehead atoms. The summed E-state index contributed by atoms with van der Waals surface area (Å²) in [4.78, 5) is 12.9. The number of phenolic OH excluding ortho intramolecular Hbond substituents is 1. The monoisotopic (exact) mass is 425 g/mol. The second kappa shape index (κ2) is 8.21. The summed E-state index contributed by atoms with van der Waals surface area (Å²) in [5.41, 5.74) is 1.31. The van der Waals surface area contributed by atoms with Crippen LogP contribution in [0.2, 0.25) is 10.0 Å². The molecule has 0 fully saturated rings. The van der Waals surface area contributed by atoms with E-state index in [0.717, 1.165) is 40.5 Å². The number of benzene rings is 2. The molecule has 0 saturated carbocycles. The van der Waals surface area contributed by atoms with Crippen molar-refractivity contribution in [2.45, 2.75) is 37.0 Å². The summed E-state index contributed by atoms with van der Waals surface area (Å²) in [5, 5.41) is 13.0. The smallest absolute Gasteiger partial charge is 0.234 e. The predicted molar refractivity (Wildman–Crippen MR) is 112 cm³/mol. The van der Waals surface area contributed by atoms with E-state index in [-0.39, 0.29) is 21.7 Å². The molecule has 3 rings (SSSR count). The molecule has 0 radical (unpaired) electrons. The molecule has 1 aliphatic rings. The summed E-state index contributed by atoms with van der Waals surface area (Å²) >= 11 is 13.5. The zero-order valence-corrected chi connectivity index (χ0v) is 17.5. The number of ether oxygens (including phenoxy) is 1. The Kier molecular flexibility index (Phi) is 6.14. The number of anilines is 1. The topological polar surface area (TPSA) is 58.6 Å². The van der Waals surface area contributed by atoms with Gasteiger partial charge in [-0.2, -0.15) is 0 Å². The lowest BCUT2D eigenvalue weighted by atomic mass is 9.86. The van der Waals surface area contributed by atoms with Crippen LogP contribution in [0.3, 0.4) is 0 Å². The second-order valence-corrected chi connectivity index (χ2v) is 8.91. The number of fused-ring (bicyclic) bond motifs is 1. The third-order valence-electron chi connectivity index (χ3n) is 4.55. The van der Waals surface area contributed by atoms with Gasteiger partial charge in [-0.1, -0.05) is 23.2 Å². The van der Waals surface area contributed by atoms with Crippen LogP contribution in [-0.2, 0) is 10.2 Å². The summed E-state index contributed by atoms with van der Waals surface area (Å²) in [6, 6.07) is 9.15. The lowest BCUT2D eigenvalue weighted by Crippen LogP contribution is -2.26. The first-order chi connectivity index (χ1) is 12.8. The summed E-state index contributed by atoms with van der Waals surface area (Å²) < 4.78 is 5.84. The van der Waals surface area contributed by atoms with E-state index in [1.807, 2.05) is 32.0 Å². The molecule has 1 amide bonds. The number of aromatic hydroxyl groups is 1. The van der Waals surface area contributed by atoms with Gasteiger partial charge in [0.1, 0.15) is 5.75 Å². The Morgan fingerprint density at radius 1 is 1.15 bits per heavy atom. The molecule has 144 valence electrons. The van der Waals surface area contributed by atoms with E-state index in [9.17, 15) is 9.90 Å². The van der Waals surface area contributed by atoms with Crippen LogP contribution in [0.25, 0.3) is 0 Å². The number of hydrogen-bond acceptors (Lipinski definition) is 4. The number of thioether (sulfide) groups is 1. The van der Waals surface area contributed by atoms with Gasteiger partial charge in [-0.25, -0.2) is 0 Å². The van der Waals surface area contributed by atoms with Crippen molar-refractivity contribution in [1.82, 2.24) is 0 Å². The molecule has 2 aromatic carbocycles. The van der Waals surface area contributed by atoms with Gasteiger partial charge in [0.15, 0.2) is 5.75 Å². The zero-order chi connectivity index (χ0) is 19.6. The minimum atomic E-state index is -0.530. The number of hydrogen-bond donors (Lipinski definition) is 2. The average molecular weight is 426 g/mol. The highest BCUT2D eigenvalue weighted by Crippen LogP contribution is 2.39. The molecule has 1 heterocycles. The number of nitrogens with one attached hydrogen (secondary N) is 1. The van der Waals surface area contributed by atoms with E-state index in [1.165, 1.54) is 0 Å². The molecule has 0 spiro atoms. The fourth-order valence-corrected chi connectivity index (χ4v) is 4.45. The van der Waals surface area contributed by atoms with E-state index in [0.29, 0.717) is 6.61 Å². The molecule has 0 unspecified atom stereocenters. The van der Waals surface area contributed by atoms with E-state index < -0.39 is 5.41 Å². The zero-order valence-electron chi connectivity index (χ0n) is 15.1. The fourth-order valence-electron chi connectivity index (χ4n) is 2.85. The van der Waals surface area contributed by atoms with Crippen molar-refractivity contribution in [3.63, 3.8) is 0 Å². The highest BCUT2D eigenvalue weighted by atomic mass is 35.5. The molecule has 7 heteroatoms. The number of rotatable bonds is 7. The van der Waals surface area contributed by atoms with Gasteiger partial charge in [0.2, 0.25) is 5.91 Å². The van der Waals surface area contributed by atoms with Crippen molar-refractivity contribution >= 4 is 46.6 Å². The lowest BCUT2D eigenvalue weighted by molar-refractivity contribution is -0.119. The third kappa shape index (κ3) is 4.48. The number of halogens is 2. The van der Waals surface area contributed by atoms with Crippen molar-refractivity contribution in [1.29, 1.82) is 0 Å². The van der Waals surface area contributed by atoms with Crippen LogP contribution >= 0.6 is 35.0 Å². The Bertz CT molecular complexity index is 847. The maximum Gasteiger partial charge on any atom is 0.234 e. The maximum atomic E-state index is 12.0. The molecular formula is C20H21Cl2NO3S. The van der Waals surface area contributed by atoms with Crippen molar-refractivity contribution in [2.24, 2.45) is 0 Å². The molecule has 0 saturated heterocycles. The van der Waals surface area contributed by atoms with Gasteiger partial charge in [0.25, 0.3) is 0 Å². The molecule has 4 nitrogen and oxygen atoms in total. The van der Waals surface area contributed by atoms with Gasteiger partial charge in [-0.05, 0) is 68.3 Å². The van der Waals surface area contributed by atoms with Crippen LogP contribution in [-0.4, -0.2) is 23.4 Å². The van der Waals surface area contributed by atoms with Gasteiger partial charge < -0.3 is 15.2 Å². The van der Waals surface area contributed by atoms with Crippen LogP contribution in [0.15, 0.2) is 35.2 Å². The van der Waals surface area contributed by atoms with Crippen LogP contribution in [0.5, 0.6) is 11.5 Å². The van der Waals surface area contributed by atoms with Crippen molar-refractivity contribution in [3.8, 4) is 11.5 Å². The Balaban J connectivity index is 1.44. The lowest BCUT2D eigenvalue weighted by Gasteiger charge is -2.16. The fraction of sp³-hybridized carbons (Fsp3) is 0.350. The minimum absolute atomic E-state index is 0.0149. The Labute approximate surface area is 173 Å². The van der Waals surface area contributed by atoms with Crippen LogP contribution in [0.4, 0.5) is 5.69 Å². The normalized spacial score (nSPS) is 14.7. The van der Waals surface area contributed by atoms with Crippen LogP contribution in [0, 0.1) is 0 Å². The number of amides is 1. The molecule has 0 aromatic heterocycles. The maximum absolute atomic E-state index is 12.0. The molecule has 0 aliphatic carbocycles. The first-order valence-electron chi connectivity index (χ1n) is 8.68. The SMILES string of the molecule is CC1(C)C(=O)Nc2ccc(OCCCCSc3cc(Cl)c(O)c(Cl)c3)cc21. The van der Waals surface area contributed by atoms with Crippen LogP contribution < -0.4 is 10.1 Å². The number of carbonyl (C=O) groups is 1. The Morgan fingerprint density at radius 2 is 1.85 bits per heavy atom. The van der Waals surface area contributed by atoms with Crippen molar-refractivity contribution in [2.75, 3.05) is 17.7 Å². The number of phenols is 1. The first kappa shape index (κ1) is 20.2. The summed E-state index contributed by atoms with van der Waals surface area (Å²) in [6.07, 6.45) is 1.88. The largest absolute Gasteiger partial charge is 0.505 e. The molecule has 2 N–H and O–H groups in total. The van der Waals surface area contributed by atoms with E-state index >= 15 is 0 Å². The first-order valence-corrected chi connectivity index (χ1v) is 10.4. The third-order valence-corrected chi connectivity index (χ3v) is 6.18. The number of unbranched alkanes of at least 4 members (excludes halogenated alkanes) is 1. The van der Waals surface area contributed by atoms with Gasteiger partial charge in [-0.3, -0.25) is 4.79 Å². The average Bonchev–Trinajstić information content (AvgIpc) is 2.85. The standard InChI is InChI=1S/C20H21Cl2NO3S/c1-20(2)14-9-12(5-6-17(14)23-19(20)25)26-7-3-4-8-27-13-10-15(21)18(24)16(22)11-13/h5-6,9-11,24H,3-4,7-8H2,1-2H3,(H,23,25). The van der Waals surface area contributed by atoms with Crippen LogP contribution in [0.1, 0.15) is 32.3 Å². The predicted octanol–water partition coefficient (Wildman–Crippen LogP) is 5.88. The molecular weight excluding hydrogens is 405 g/mol. The molecule has 0 atom stereocenters. The quantitative estimate of drug-likeness (QED) is 0.429. The van der Waals surface area contributed by atoms with Gasteiger partial charge in [-0.15, -0.1) is 11.8 Å². The molecule has 2 aromatic rings. The highest BCUT2D eigenvalue weighted by Gasteiger charge is 2.38. The Hall–Kier alpha value is -1.56. The molecule has 1 aliphatic heterocycles. The molecule has 27 heavy (non-hydrogen) atoms. The van der Waals surface area contributed by atoms with Gasteiger partial charge in [0.05, 0.1) is 22.1 Å². The number of carbonyl (C=O) groups excluding carboxylic acids is 1. The van der Waals surface area contributed by atoms with Gasteiger partial charge >= 0.3 is 0 Å². The summed E-state index contributed by atoms with van der Waals surface area (Å²) in [7, 11) is 0. The second-order valence-electron chi connectivity index (χ2n) is 6.93. The van der Waals surface area contributed by atoms with E-state index in [4.69, 9.17) is 27.9 Å². The Morgan fingerprint density at radius 3 is 2.56 bits per heavy atom. The van der Waals surface area contributed by atoms with E-state index in [2.05, 4.69) is 5.32 Å². The van der Waals surface area contributed by atoms with Crippen molar-refractivity contribution < 1.29 is 14.6 Å². The van der Waals surface area contributed by atoms with E-state index in [1.54, 1.807) is 23.9 Å². The van der Waals surface area contributed by atoms with Crippen molar-refractivity contribution in [3.05, 3.63) is 45.9 Å². The van der Waals surface area contributed by atoms with Gasteiger partial charge in [0, 0.05) is 10.6 Å². The highest BCUT2D eigenvalue weighted by molar-refractivity contribution is 7.99. The summed E-state index contributed by atoms with van der Waals surface area (Å²) in [6.45, 7) is 4.44.